The number of nitrogens with two attached hydrogens (primary N) is 1. The standard InChI is InChI=1S/C10H19F2N3O3/c1-6(2)8(14-10(13)18)9(17)15(3-4-16)5-7(11)12/h6-8,16H,3-5H2,1-2H3,(H3,13,14,18). The van der Waals surface area contributed by atoms with Crippen molar-refractivity contribution < 1.29 is 23.5 Å². The van der Waals surface area contributed by atoms with Crippen molar-refractivity contribution in [2.24, 2.45) is 11.7 Å². The molecule has 0 aromatic rings. The molecule has 0 heterocycles. The predicted octanol–water partition coefficient (Wildman–Crippen LogP) is -0.235. The third-order valence-corrected chi connectivity index (χ3v) is 2.27. The monoisotopic (exact) mass is 267 g/mol. The van der Waals surface area contributed by atoms with Crippen LogP contribution >= 0.6 is 0 Å². The number of rotatable bonds is 7. The maximum absolute atomic E-state index is 12.3. The van der Waals surface area contributed by atoms with Crippen LogP contribution in [0.4, 0.5) is 13.6 Å². The van der Waals surface area contributed by atoms with Crippen molar-refractivity contribution in [2.45, 2.75) is 26.3 Å². The lowest BCUT2D eigenvalue weighted by Crippen LogP contribution is -2.54. The lowest BCUT2D eigenvalue weighted by molar-refractivity contribution is -0.136. The van der Waals surface area contributed by atoms with Crippen molar-refractivity contribution in [3.63, 3.8) is 0 Å². The maximum Gasteiger partial charge on any atom is 0.312 e. The molecule has 0 fully saturated rings. The lowest BCUT2D eigenvalue weighted by Gasteiger charge is -2.28. The average Bonchev–Trinajstić information content (AvgIpc) is 2.23. The van der Waals surface area contributed by atoms with E-state index < -0.39 is 37.6 Å². The molecule has 0 saturated heterocycles. The molecule has 3 amide bonds. The Morgan fingerprint density at radius 3 is 2.28 bits per heavy atom. The molecule has 106 valence electrons. The molecule has 0 aromatic carbocycles. The van der Waals surface area contributed by atoms with E-state index in [9.17, 15) is 18.4 Å². The van der Waals surface area contributed by atoms with Gasteiger partial charge in [0.1, 0.15) is 6.04 Å². The van der Waals surface area contributed by atoms with Crippen molar-refractivity contribution in [3.8, 4) is 0 Å². The summed E-state index contributed by atoms with van der Waals surface area (Å²) in [5.74, 6) is -0.984. The van der Waals surface area contributed by atoms with Gasteiger partial charge in [0, 0.05) is 6.54 Å². The fraction of sp³-hybridized carbons (Fsp3) is 0.800. The molecule has 4 N–H and O–H groups in total. The largest absolute Gasteiger partial charge is 0.395 e. The molecule has 6 nitrogen and oxygen atoms in total. The van der Waals surface area contributed by atoms with Gasteiger partial charge in [-0.1, -0.05) is 13.8 Å². The van der Waals surface area contributed by atoms with E-state index in [1.807, 2.05) is 0 Å². The van der Waals surface area contributed by atoms with Crippen LogP contribution in [0.5, 0.6) is 0 Å². The van der Waals surface area contributed by atoms with Crippen LogP contribution in [-0.4, -0.2) is 54.1 Å². The minimum absolute atomic E-state index is 0.215. The number of hydrogen-bond acceptors (Lipinski definition) is 3. The van der Waals surface area contributed by atoms with E-state index in [0.29, 0.717) is 0 Å². The second-order valence-corrected chi connectivity index (χ2v) is 4.13. The van der Waals surface area contributed by atoms with Gasteiger partial charge in [-0.3, -0.25) is 4.79 Å². The highest BCUT2D eigenvalue weighted by Crippen LogP contribution is 2.08. The van der Waals surface area contributed by atoms with Gasteiger partial charge in [0.05, 0.1) is 13.2 Å². The highest BCUT2D eigenvalue weighted by molar-refractivity contribution is 5.86. The fourth-order valence-corrected chi connectivity index (χ4v) is 1.44. The predicted molar refractivity (Wildman–Crippen MR) is 61.0 cm³/mol. The number of carbonyl (C=O) groups is 2. The van der Waals surface area contributed by atoms with Crippen molar-refractivity contribution in [3.05, 3.63) is 0 Å². The normalized spacial score (nSPS) is 12.6. The van der Waals surface area contributed by atoms with E-state index >= 15 is 0 Å². The molecule has 18 heavy (non-hydrogen) atoms. The third-order valence-electron chi connectivity index (χ3n) is 2.27. The van der Waals surface area contributed by atoms with E-state index in [1.165, 1.54) is 0 Å². The van der Waals surface area contributed by atoms with Crippen LogP contribution in [0, 0.1) is 5.92 Å². The summed E-state index contributed by atoms with van der Waals surface area (Å²) in [7, 11) is 0. The summed E-state index contributed by atoms with van der Waals surface area (Å²) in [4.78, 5) is 23.5. The van der Waals surface area contributed by atoms with E-state index in [-0.39, 0.29) is 12.5 Å². The molecule has 0 spiro atoms. The lowest BCUT2D eigenvalue weighted by atomic mass is 10.0. The number of aliphatic hydroxyl groups excluding tert-OH is 1. The number of hydrogen-bond donors (Lipinski definition) is 3. The van der Waals surface area contributed by atoms with Gasteiger partial charge in [-0.2, -0.15) is 0 Å². The van der Waals surface area contributed by atoms with Crippen LogP contribution < -0.4 is 11.1 Å². The molecule has 0 aromatic heterocycles. The summed E-state index contributed by atoms with van der Waals surface area (Å²) >= 11 is 0. The number of carbonyl (C=O) groups excluding carboxylic acids is 2. The smallest absolute Gasteiger partial charge is 0.312 e. The number of primary amides is 1. The van der Waals surface area contributed by atoms with Gasteiger partial charge in [-0.25, -0.2) is 13.6 Å². The molecule has 0 saturated carbocycles. The molecule has 0 radical (unpaired) electrons. The number of alkyl halides is 2. The summed E-state index contributed by atoms with van der Waals surface area (Å²) in [5, 5.41) is 11.0. The molecular weight excluding hydrogens is 248 g/mol. The number of aliphatic hydroxyl groups is 1. The topological polar surface area (TPSA) is 95.7 Å². The zero-order valence-corrected chi connectivity index (χ0v) is 10.4. The molecule has 1 unspecified atom stereocenters. The molecular formula is C10H19F2N3O3. The first-order valence-corrected chi connectivity index (χ1v) is 5.53. The van der Waals surface area contributed by atoms with Crippen LogP contribution in [0.1, 0.15) is 13.8 Å². The van der Waals surface area contributed by atoms with Crippen molar-refractivity contribution >= 4 is 11.9 Å². The summed E-state index contributed by atoms with van der Waals surface area (Å²) in [6.45, 7) is 1.87. The van der Waals surface area contributed by atoms with Crippen LogP contribution in [0.3, 0.4) is 0 Å². The van der Waals surface area contributed by atoms with Crippen LogP contribution in [0.25, 0.3) is 0 Å². The molecule has 0 aliphatic rings. The van der Waals surface area contributed by atoms with Crippen molar-refractivity contribution in [2.75, 3.05) is 19.7 Å². The Kier molecular flexibility index (Phi) is 7.18. The molecule has 0 rings (SSSR count). The highest BCUT2D eigenvalue weighted by Gasteiger charge is 2.29. The first-order chi connectivity index (χ1) is 8.29. The Hall–Kier alpha value is -1.44. The first-order valence-electron chi connectivity index (χ1n) is 5.53. The van der Waals surface area contributed by atoms with Crippen molar-refractivity contribution in [1.82, 2.24) is 10.2 Å². The van der Waals surface area contributed by atoms with Gasteiger partial charge < -0.3 is 21.1 Å². The highest BCUT2D eigenvalue weighted by atomic mass is 19.3. The molecule has 0 aliphatic heterocycles. The van der Waals surface area contributed by atoms with E-state index in [2.05, 4.69) is 5.32 Å². The summed E-state index contributed by atoms with van der Waals surface area (Å²) in [6, 6.07) is -1.88. The summed E-state index contributed by atoms with van der Waals surface area (Å²) in [5.41, 5.74) is 4.93. The molecule has 0 bridgehead atoms. The number of nitrogens with zero attached hydrogens (tertiary/aromatic N) is 1. The van der Waals surface area contributed by atoms with Gasteiger partial charge in [0.25, 0.3) is 6.43 Å². The second kappa shape index (κ2) is 7.80. The Balaban J connectivity index is 4.81. The van der Waals surface area contributed by atoms with Gasteiger partial charge in [-0.15, -0.1) is 0 Å². The minimum Gasteiger partial charge on any atom is -0.395 e. The Bertz CT molecular complexity index is 288. The second-order valence-electron chi connectivity index (χ2n) is 4.13. The Morgan fingerprint density at radius 1 is 1.39 bits per heavy atom. The zero-order chi connectivity index (χ0) is 14.3. The molecule has 8 heteroatoms. The van der Waals surface area contributed by atoms with Crippen LogP contribution in [-0.2, 0) is 4.79 Å². The molecule has 1 atom stereocenters. The maximum atomic E-state index is 12.3. The molecule has 0 aliphatic carbocycles. The van der Waals surface area contributed by atoms with Gasteiger partial charge in [0.15, 0.2) is 0 Å². The van der Waals surface area contributed by atoms with E-state index in [0.717, 1.165) is 4.90 Å². The number of urea groups is 1. The van der Waals surface area contributed by atoms with Gasteiger partial charge >= 0.3 is 6.03 Å². The van der Waals surface area contributed by atoms with Crippen LogP contribution in [0.15, 0.2) is 0 Å². The number of nitrogens with one attached hydrogen (secondary N) is 1. The SMILES string of the molecule is CC(C)C(NC(N)=O)C(=O)N(CCO)CC(F)F. The Morgan fingerprint density at radius 2 is 1.94 bits per heavy atom. The summed E-state index contributed by atoms with van der Waals surface area (Å²) < 4.78 is 24.6. The van der Waals surface area contributed by atoms with Gasteiger partial charge in [0.2, 0.25) is 5.91 Å². The number of halogens is 2. The quantitative estimate of drug-likeness (QED) is 0.594. The van der Waals surface area contributed by atoms with E-state index in [4.69, 9.17) is 10.8 Å². The Labute approximate surface area is 104 Å². The minimum atomic E-state index is -2.71. The average molecular weight is 267 g/mol. The fourth-order valence-electron chi connectivity index (χ4n) is 1.44. The van der Waals surface area contributed by atoms with Crippen molar-refractivity contribution in [1.29, 1.82) is 0 Å². The number of amides is 3. The van der Waals surface area contributed by atoms with Crippen LogP contribution in [0.2, 0.25) is 0 Å². The van der Waals surface area contributed by atoms with Gasteiger partial charge in [-0.05, 0) is 5.92 Å². The first kappa shape index (κ1) is 16.6. The van der Waals surface area contributed by atoms with E-state index in [1.54, 1.807) is 13.8 Å². The zero-order valence-electron chi connectivity index (χ0n) is 10.4. The summed E-state index contributed by atoms with van der Waals surface area (Å²) in [6.07, 6.45) is -2.71. The third kappa shape index (κ3) is 5.76.